The normalized spacial score (nSPS) is 13.3. The fourth-order valence-electron chi connectivity index (χ4n) is 3.90. The van der Waals surface area contributed by atoms with E-state index in [2.05, 4.69) is 5.32 Å². The number of carbonyl (C=O) groups is 3. The van der Waals surface area contributed by atoms with Gasteiger partial charge in [0.1, 0.15) is 16.5 Å². The number of imide groups is 1. The number of amides is 3. The fraction of sp³-hybridized carbons (Fsp3) is 0.148. The summed E-state index contributed by atoms with van der Waals surface area (Å²) in [5, 5.41) is 2.97. The topological polar surface area (TPSA) is 79.0 Å². The first kappa shape index (κ1) is 25.3. The number of nitrogens with one attached hydrogen (secondary N) is 1. The number of nitrogens with zero attached hydrogens (tertiary/aromatic N) is 2. The van der Waals surface area contributed by atoms with E-state index in [4.69, 9.17) is 27.9 Å². The van der Waals surface area contributed by atoms with Crippen molar-refractivity contribution >= 4 is 58.0 Å². The van der Waals surface area contributed by atoms with Gasteiger partial charge in [-0.25, -0.2) is 4.90 Å². The molecule has 1 aliphatic heterocycles. The summed E-state index contributed by atoms with van der Waals surface area (Å²) in [5.41, 5.74) is 2.93. The maximum Gasteiger partial charge on any atom is 0.283 e. The summed E-state index contributed by atoms with van der Waals surface area (Å²) in [7, 11) is 1.42. The molecule has 0 unspecified atom stereocenters. The Morgan fingerprint density at radius 2 is 1.72 bits per heavy atom. The predicted octanol–water partition coefficient (Wildman–Crippen LogP) is 5.76. The van der Waals surface area contributed by atoms with Gasteiger partial charge in [-0.05, 0) is 74.0 Å². The molecule has 184 valence electrons. The second-order valence-electron chi connectivity index (χ2n) is 8.04. The van der Waals surface area contributed by atoms with Gasteiger partial charge in [0.05, 0.1) is 12.8 Å². The SMILES string of the molecule is CCN(C(=O)c1ccc(NC2=C(Cl)C(=O)N(c3cc(Cl)ccc3OC)C2=O)cc1)c1cccc(C)c1. The van der Waals surface area contributed by atoms with Crippen molar-refractivity contribution in [1.29, 1.82) is 0 Å². The van der Waals surface area contributed by atoms with Gasteiger partial charge in [-0.3, -0.25) is 14.4 Å². The monoisotopic (exact) mass is 523 g/mol. The van der Waals surface area contributed by atoms with Crippen molar-refractivity contribution in [3.8, 4) is 5.75 Å². The maximum atomic E-state index is 13.1. The van der Waals surface area contributed by atoms with Gasteiger partial charge in [0.2, 0.25) is 0 Å². The minimum Gasteiger partial charge on any atom is -0.495 e. The van der Waals surface area contributed by atoms with Crippen molar-refractivity contribution in [3.63, 3.8) is 0 Å². The first-order valence-corrected chi connectivity index (χ1v) is 11.9. The first-order valence-electron chi connectivity index (χ1n) is 11.1. The molecule has 3 aromatic rings. The van der Waals surface area contributed by atoms with Crippen LogP contribution in [0.2, 0.25) is 5.02 Å². The highest BCUT2D eigenvalue weighted by Gasteiger charge is 2.40. The van der Waals surface area contributed by atoms with Gasteiger partial charge >= 0.3 is 0 Å². The summed E-state index contributed by atoms with van der Waals surface area (Å²) in [5.74, 6) is -1.21. The Balaban J connectivity index is 1.55. The van der Waals surface area contributed by atoms with Crippen LogP contribution in [-0.2, 0) is 9.59 Å². The van der Waals surface area contributed by atoms with Crippen LogP contribution in [0.4, 0.5) is 17.1 Å². The van der Waals surface area contributed by atoms with Crippen molar-refractivity contribution in [2.45, 2.75) is 13.8 Å². The number of methoxy groups -OCH3 is 1. The number of rotatable bonds is 7. The van der Waals surface area contributed by atoms with Crippen LogP contribution >= 0.6 is 23.2 Å². The number of anilines is 3. The molecule has 9 heteroatoms. The van der Waals surface area contributed by atoms with Crippen molar-refractivity contribution in [3.05, 3.63) is 93.6 Å². The van der Waals surface area contributed by atoms with E-state index in [-0.39, 0.29) is 22.3 Å². The molecule has 0 aliphatic carbocycles. The van der Waals surface area contributed by atoms with Crippen LogP contribution in [0.1, 0.15) is 22.8 Å². The van der Waals surface area contributed by atoms with E-state index in [9.17, 15) is 14.4 Å². The third-order valence-corrected chi connectivity index (χ3v) is 6.27. The smallest absolute Gasteiger partial charge is 0.283 e. The van der Waals surface area contributed by atoms with E-state index in [1.807, 2.05) is 38.1 Å². The summed E-state index contributed by atoms with van der Waals surface area (Å²) >= 11 is 12.3. The van der Waals surface area contributed by atoms with Crippen LogP contribution < -0.4 is 19.9 Å². The molecule has 0 saturated heterocycles. The highest BCUT2D eigenvalue weighted by molar-refractivity contribution is 6.53. The number of benzene rings is 3. The molecule has 0 fully saturated rings. The van der Waals surface area contributed by atoms with Crippen LogP contribution in [0.5, 0.6) is 5.75 Å². The van der Waals surface area contributed by atoms with E-state index in [0.29, 0.717) is 28.6 Å². The zero-order valence-corrected chi connectivity index (χ0v) is 21.4. The highest BCUT2D eigenvalue weighted by atomic mass is 35.5. The Bertz CT molecular complexity index is 1390. The zero-order valence-electron chi connectivity index (χ0n) is 19.8. The lowest BCUT2D eigenvalue weighted by atomic mass is 10.1. The molecule has 3 aromatic carbocycles. The number of halogens is 2. The molecule has 0 radical (unpaired) electrons. The summed E-state index contributed by atoms with van der Waals surface area (Å²) in [6.45, 7) is 4.39. The van der Waals surface area contributed by atoms with Crippen LogP contribution in [0.3, 0.4) is 0 Å². The van der Waals surface area contributed by atoms with Crippen LogP contribution in [-0.4, -0.2) is 31.4 Å². The van der Waals surface area contributed by atoms with Gasteiger partial charge in [-0.15, -0.1) is 0 Å². The molecule has 36 heavy (non-hydrogen) atoms. The quantitative estimate of drug-likeness (QED) is 0.398. The molecule has 1 N–H and O–H groups in total. The largest absolute Gasteiger partial charge is 0.495 e. The fourth-order valence-corrected chi connectivity index (χ4v) is 4.28. The first-order chi connectivity index (χ1) is 17.2. The molecule has 3 amide bonds. The molecule has 4 rings (SSSR count). The second-order valence-corrected chi connectivity index (χ2v) is 8.86. The average Bonchev–Trinajstić information content (AvgIpc) is 3.07. The van der Waals surface area contributed by atoms with Gasteiger partial charge < -0.3 is 15.0 Å². The van der Waals surface area contributed by atoms with E-state index < -0.39 is 11.8 Å². The molecule has 0 atom stereocenters. The minimum atomic E-state index is -0.701. The van der Waals surface area contributed by atoms with Gasteiger partial charge in [0, 0.05) is 28.5 Å². The molecule has 0 spiro atoms. The number of ether oxygens (including phenoxy) is 1. The number of hydrogen-bond acceptors (Lipinski definition) is 5. The highest BCUT2D eigenvalue weighted by Crippen LogP contribution is 2.37. The summed E-state index contributed by atoms with van der Waals surface area (Å²) in [6, 6.07) is 18.9. The van der Waals surface area contributed by atoms with Crippen molar-refractivity contribution < 1.29 is 19.1 Å². The van der Waals surface area contributed by atoms with E-state index >= 15 is 0 Å². The Morgan fingerprint density at radius 3 is 2.36 bits per heavy atom. The van der Waals surface area contributed by atoms with E-state index in [0.717, 1.165) is 16.2 Å². The molecule has 0 aromatic heterocycles. The number of hydrogen-bond donors (Lipinski definition) is 1. The van der Waals surface area contributed by atoms with Gasteiger partial charge in [-0.1, -0.05) is 35.3 Å². The number of aryl methyl sites for hydroxylation is 1. The number of carbonyl (C=O) groups excluding carboxylic acids is 3. The Kier molecular flexibility index (Phi) is 7.33. The van der Waals surface area contributed by atoms with Crippen LogP contribution in [0, 0.1) is 6.92 Å². The lowest BCUT2D eigenvalue weighted by molar-refractivity contribution is -0.120. The third kappa shape index (κ3) is 4.80. The van der Waals surface area contributed by atoms with Gasteiger partial charge in [0.15, 0.2) is 0 Å². The third-order valence-electron chi connectivity index (χ3n) is 5.69. The van der Waals surface area contributed by atoms with Gasteiger partial charge in [0.25, 0.3) is 17.7 Å². The standard InChI is InChI=1S/C27H23Cl2N3O4/c1-4-31(20-7-5-6-16(2)14-20)25(33)17-8-11-19(12-9-17)30-24-23(29)26(34)32(27(24)35)21-15-18(28)10-13-22(21)36-3/h5-15,30H,4H2,1-3H3. The van der Waals surface area contributed by atoms with Crippen LogP contribution in [0.15, 0.2) is 77.5 Å². The second kappa shape index (κ2) is 10.4. The lowest BCUT2D eigenvalue weighted by Gasteiger charge is -2.22. The molecule has 1 heterocycles. The summed E-state index contributed by atoms with van der Waals surface area (Å²) < 4.78 is 5.28. The molecule has 0 saturated carbocycles. The Hall–Kier alpha value is -3.81. The van der Waals surface area contributed by atoms with Crippen molar-refractivity contribution in [2.24, 2.45) is 0 Å². The maximum absolute atomic E-state index is 13.1. The van der Waals surface area contributed by atoms with Gasteiger partial charge in [-0.2, -0.15) is 0 Å². The Morgan fingerprint density at radius 1 is 1.00 bits per heavy atom. The molecule has 0 bridgehead atoms. The van der Waals surface area contributed by atoms with E-state index in [1.54, 1.807) is 41.3 Å². The summed E-state index contributed by atoms with van der Waals surface area (Å²) in [4.78, 5) is 41.7. The average molecular weight is 524 g/mol. The molecular formula is C27H23Cl2N3O4. The summed E-state index contributed by atoms with van der Waals surface area (Å²) in [6.07, 6.45) is 0. The Labute approximate surface area is 218 Å². The van der Waals surface area contributed by atoms with Crippen molar-refractivity contribution in [1.82, 2.24) is 0 Å². The zero-order chi connectivity index (χ0) is 26.0. The molecular weight excluding hydrogens is 501 g/mol. The lowest BCUT2D eigenvalue weighted by Crippen LogP contribution is -2.32. The predicted molar refractivity (Wildman–Crippen MR) is 142 cm³/mol. The van der Waals surface area contributed by atoms with E-state index in [1.165, 1.54) is 13.2 Å². The van der Waals surface area contributed by atoms with Crippen molar-refractivity contribution in [2.75, 3.05) is 28.8 Å². The molecule has 1 aliphatic rings. The molecule has 7 nitrogen and oxygen atoms in total. The minimum absolute atomic E-state index is 0.0854. The van der Waals surface area contributed by atoms with Crippen LogP contribution in [0.25, 0.3) is 0 Å².